The molecule has 3 saturated heterocycles. The number of rotatable bonds is 4. The van der Waals surface area contributed by atoms with Crippen LogP contribution in [0.1, 0.15) is 41.6 Å². The van der Waals surface area contributed by atoms with Gasteiger partial charge in [0.15, 0.2) is 0 Å². The van der Waals surface area contributed by atoms with E-state index in [2.05, 4.69) is 0 Å². The van der Waals surface area contributed by atoms with E-state index in [4.69, 9.17) is 9.47 Å². The van der Waals surface area contributed by atoms with Crippen molar-refractivity contribution in [1.29, 1.82) is 0 Å². The summed E-state index contributed by atoms with van der Waals surface area (Å²) in [5.41, 5.74) is 1.50. The Morgan fingerprint density at radius 1 is 1.22 bits per heavy atom. The van der Waals surface area contributed by atoms with E-state index < -0.39 is 0 Å². The lowest BCUT2D eigenvalue weighted by atomic mass is 9.84. The molecule has 0 aromatic heterocycles. The molecule has 0 radical (unpaired) electrons. The largest absolute Gasteiger partial charge is 0.371 e. The van der Waals surface area contributed by atoms with Crippen molar-refractivity contribution in [3.05, 3.63) is 35.4 Å². The van der Waals surface area contributed by atoms with Crippen LogP contribution in [0.5, 0.6) is 0 Å². The van der Waals surface area contributed by atoms with E-state index in [9.17, 15) is 9.59 Å². The summed E-state index contributed by atoms with van der Waals surface area (Å²) in [7, 11) is 0. The Bertz CT molecular complexity index is 708. The summed E-state index contributed by atoms with van der Waals surface area (Å²) in [4.78, 5) is 28.5. The molecule has 3 heterocycles. The first-order chi connectivity index (χ1) is 13.0. The fourth-order valence-electron chi connectivity index (χ4n) is 4.35. The summed E-state index contributed by atoms with van der Waals surface area (Å²) in [5, 5.41) is 0. The molecule has 1 spiro atoms. The second-order valence-electron chi connectivity index (χ2n) is 8.08. The van der Waals surface area contributed by atoms with Crippen molar-refractivity contribution in [3.63, 3.8) is 0 Å². The standard InChI is InChI=1S/C21H28N2O4/c1-16-5-4-6-17(11-16)20(25)23-14-21(15-23)12-18(7-10-27-21)26-13-19(24)22-8-2-3-9-22/h4-6,11,18H,2-3,7-10,12-15H2,1H3/t18-/m0/s1. The van der Waals surface area contributed by atoms with Crippen molar-refractivity contribution in [3.8, 4) is 0 Å². The molecule has 0 aliphatic carbocycles. The van der Waals surface area contributed by atoms with Gasteiger partial charge in [0.25, 0.3) is 5.91 Å². The summed E-state index contributed by atoms with van der Waals surface area (Å²) < 4.78 is 11.9. The van der Waals surface area contributed by atoms with Crippen LogP contribution in [-0.4, -0.2) is 72.7 Å². The summed E-state index contributed by atoms with van der Waals surface area (Å²) >= 11 is 0. The van der Waals surface area contributed by atoms with E-state index in [0.29, 0.717) is 19.7 Å². The van der Waals surface area contributed by atoms with Gasteiger partial charge in [-0.05, 0) is 38.3 Å². The van der Waals surface area contributed by atoms with Gasteiger partial charge < -0.3 is 19.3 Å². The topological polar surface area (TPSA) is 59.1 Å². The van der Waals surface area contributed by atoms with Gasteiger partial charge in [-0.3, -0.25) is 9.59 Å². The smallest absolute Gasteiger partial charge is 0.254 e. The van der Waals surface area contributed by atoms with Gasteiger partial charge in [0.2, 0.25) is 5.91 Å². The van der Waals surface area contributed by atoms with Crippen LogP contribution >= 0.6 is 0 Å². The van der Waals surface area contributed by atoms with Crippen molar-refractivity contribution in [2.24, 2.45) is 0 Å². The zero-order chi connectivity index (χ0) is 18.9. The monoisotopic (exact) mass is 372 g/mol. The number of carbonyl (C=O) groups excluding carboxylic acids is 2. The van der Waals surface area contributed by atoms with Crippen LogP contribution in [0.4, 0.5) is 0 Å². The molecule has 3 aliphatic heterocycles. The van der Waals surface area contributed by atoms with E-state index >= 15 is 0 Å². The molecule has 3 fully saturated rings. The summed E-state index contributed by atoms with van der Waals surface area (Å²) in [6.07, 6.45) is 3.77. The van der Waals surface area contributed by atoms with E-state index in [1.165, 1.54) is 0 Å². The number of likely N-dealkylation sites (tertiary alicyclic amines) is 2. The number of amides is 2. The number of hydrogen-bond acceptors (Lipinski definition) is 4. The van der Waals surface area contributed by atoms with E-state index in [-0.39, 0.29) is 30.1 Å². The van der Waals surface area contributed by atoms with Crippen molar-refractivity contribution >= 4 is 11.8 Å². The van der Waals surface area contributed by atoms with Gasteiger partial charge in [0, 0.05) is 31.7 Å². The summed E-state index contributed by atoms with van der Waals surface area (Å²) in [6, 6.07) is 7.68. The Morgan fingerprint density at radius 2 is 2.00 bits per heavy atom. The van der Waals surface area contributed by atoms with Gasteiger partial charge in [-0.15, -0.1) is 0 Å². The molecule has 27 heavy (non-hydrogen) atoms. The zero-order valence-corrected chi connectivity index (χ0v) is 16.0. The first-order valence-electron chi connectivity index (χ1n) is 9.94. The zero-order valence-electron chi connectivity index (χ0n) is 16.0. The number of benzene rings is 1. The molecule has 0 bridgehead atoms. The third-order valence-electron chi connectivity index (χ3n) is 5.86. The molecule has 6 heteroatoms. The molecule has 1 aromatic rings. The SMILES string of the molecule is Cc1cccc(C(=O)N2CC3(C[C@@H](OCC(=O)N4CCCC4)CCO3)C2)c1. The summed E-state index contributed by atoms with van der Waals surface area (Å²) in [6.45, 7) is 5.68. The van der Waals surface area contributed by atoms with Crippen molar-refractivity contribution < 1.29 is 19.1 Å². The quantitative estimate of drug-likeness (QED) is 0.811. The molecule has 4 rings (SSSR count). The molecule has 0 saturated carbocycles. The number of hydrogen-bond donors (Lipinski definition) is 0. The molecular formula is C21H28N2O4. The first-order valence-corrected chi connectivity index (χ1v) is 9.94. The van der Waals surface area contributed by atoms with Crippen LogP contribution < -0.4 is 0 Å². The molecule has 1 atom stereocenters. The Labute approximate surface area is 160 Å². The Hall–Kier alpha value is -1.92. The van der Waals surface area contributed by atoms with Crippen LogP contribution in [0, 0.1) is 6.92 Å². The Kier molecular flexibility index (Phi) is 5.19. The molecular weight excluding hydrogens is 344 g/mol. The average molecular weight is 372 g/mol. The minimum atomic E-state index is -0.306. The highest BCUT2D eigenvalue weighted by atomic mass is 16.5. The molecule has 146 valence electrons. The lowest BCUT2D eigenvalue weighted by Gasteiger charge is -2.53. The third-order valence-corrected chi connectivity index (χ3v) is 5.86. The number of carbonyl (C=O) groups is 2. The molecule has 6 nitrogen and oxygen atoms in total. The van der Waals surface area contributed by atoms with Crippen LogP contribution in [0.15, 0.2) is 24.3 Å². The van der Waals surface area contributed by atoms with Crippen molar-refractivity contribution in [2.75, 3.05) is 39.4 Å². The highest BCUT2D eigenvalue weighted by Gasteiger charge is 2.49. The van der Waals surface area contributed by atoms with Gasteiger partial charge >= 0.3 is 0 Å². The van der Waals surface area contributed by atoms with Crippen LogP contribution in [0.25, 0.3) is 0 Å². The van der Waals surface area contributed by atoms with Crippen LogP contribution in [0.2, 0.25) is 0 Å². The summed E-state index contributed by atoms with van der Waals surface area (Å²) in [5.74, 6) is 0.151. The van der Waals surface area contributed by atoms with Crippen LogP contribution in [-0.2, 0) is 14.3 Å². The maximum Gasteiger partial charge on any atom is 0.254 e. The highest BCUT2D eigenvalue weighted by Crippen LogP contribution is 2.36. The van der Waals surface area contributed by atoms with E-state index in [1.807, 2.05) is 41.0 Å². The highest BCUT2D eigenvalue weighted by molar-refractivity contribution is 5.95. The number of aryl methyl sites for hydroxylation is 1. The normalized spacial score (nSPS) is 24.1. The van der Waals surface area contributed by atoms with Gasteiger partial charge in [0.1, 0.15) is 12.2 Å². The Balaban J connectivity index is 1.27. The molecule has 1 aromatic carbocycles. The van der Waals surface area contributed by atoms with Gasteiger partial charge in [-0.1, -0.05) is 17.7 Å². The predicted molar refractivity (Wildman–Crippen MR) is 101 cm³/mol. The second-order valence-corrected chi connectivity index (χ2v) is 8.08. The Morgan fingerprint density at radius 3 is 2.74 bits per heavy atom. The lowest BCUT2D eigenvalue weighted by molar-refractivity contribution is -0.188. The van der Waals surface area contributed by atoms with Gasteiger partial charge in [-0.2, -0.15) is 0 Å². The fourth-order valence-corrected chi connectivity index (χ4v) is 4.35. The molecule has 3 aliphatic rings. The maximum absolute atomic E-state index is 12.6. The van der Waals surface area contributed by atoms with Crippen molar-refractivity contribution in [1.82, 2.24) is 9.80 Å². The van der Waals surface area contributed by atoms with Gasteiger partial charge in [0.05, 0.1) is 19.2 Å². The van der Waals surface area contributed by atoms with Crippen LogP contribution in [0.3, 0.4) is 0 Å². The molecule has 0 unspecified atom stereocenters. The third kappa shape index (κ3) is 4.01. The minimum absolute atomic E-state index is 0.0292. The number of nitrogens with zero attached hydrogens (tertiary/aromatic N) is 2. The van der Waals surface area contributed by atoms with E-state index in [1.54, 1.807) is 0 Å². The lowest BCUT2D eigenvalue weighted by Crippen LogP contribution is -2.67. The fraction of sp³-hybridized carbons (Fsp3) is 0.619. The molecule has 2 amide bonds. The average Bonchev–Trinajstić information content (AvgIpc) is 3.18. The van der Waals surface area contributed by atoms with E-state index in [0.717, 1.165) is 49.9 Å². The van der Waals surface area contributed by atoms with Gasteiger partial charge in [-0.25, -0.2) is 0 Å². The van der Waals surface area contributed by atoms with Crippen molar-refractivity contribution in [2.45, 2.75) is 44.3 Å². The predicted octanol–water partition coefficient (Wildman–Crippen LogP) is 2.01. The molecule has 0 N–H and O–H groups in total. The number of ether oxygens (including phenoxy) is 2. The minimum Gasteiger partial charge on any atom is -0.371 e. The second kappa shape index (κ2) is 7.60. The first kappa shape index (κ1) is 18.4. The maximum atomic E-state index is 12.6.